The highest BCUT2D eigenvalue weighted by atomic mass is 32.2. The molecule has 2 aliphatic carbocycles. The van der Waals surface area contributed by atoms with Gasteiger partial charge in [-0.1, -0.05) is 18.2 Å². The Bertz CT molecular complexity index is 1060. The van der Waals surface area contributed by atoms with E-state index in [4.69, 9.17) is 0 Å². The molecule has 1 aliphatic heterocycles. The maximum atomic E-state index is 13.0. The Morgan fingerprint density at radius 3 is 2.27 bits per heavy atom. The van der Waals surface area contributed by atoms with Gasteiger partial charge in [0.05, 0.1) is 22.3 Å². The van der Waals surface area contributed by atoms with Crippen molar-refractivity contribution < 1.29 is 18.4 Å². The molecule has 6 nitrogen and oxygen atoms in total. The summed E-state index contributed by atoms with van der Waals surface area (Å²) < 4.78 is 20.9. The second-order valence-electron chi connectivity index (χ2n) is 8.54. The summed E-state index contributed by atoms with van der Waals surface area (Å²) in [6.45, 7) is 2.50. The Morgan fingerprint density at radius 2 is 1.60 bits per heavy atom. The summed E-state index contributed by atoms with van der Waals surface area (Å²) in [6.07, 6.45) is 3.72. The number of anilines is 2. The van der Waals surface area contributed by atoms with Gasteiger partial charge in [0.1, 0.15) is 0 Å². The molecule has 2 amide bonds. The van der Waals surface area contributed by atoms with Gasteiger partial charge in [-0.15, -0.1) is 0 Å². The first-order valence-corrected chi connectivity index (χ1v) is 11.5. The van der Waals surface area contributed by atoms with Crippen LogP contribution < -0.4 is 9.80 Å². The third kappa shape index (κ3) is 3.46. The maximum absolute atomic E-state index is 13.0. The minimum Gasteiger partial charge on any atom is -0.308 e. The number of fused-ring (bicyclic) bond motifs is 1. The zero-order valence-electron chi connectivity index (χ0n) is 16.8. The minimum atomic E-state index is -2.06. The Labute approximate surface area is 178 Å². The zero-order valence-corrected chi connectivity index (χ0v) is 17.6. The van der Waals surface area contributed by atoms with Crippen LogP contribution in [0.4, 0.5) is 11.4 Å². The summed E-state index contributed by atoms with van der Waals surface area (Å²) in [5, 5.41) is 0. The number of hydrogen-bond acceptors (Lipinski definition) is 3. The van der Waals surface area contributed by atoms with Crippen molar-refractivity contribution in [3.63, 3.8) is 0 Å². The lowest BCUT2D eigenvalue weighted by atomic mass is 10.00. The van der Waals surface area contributed by atoms with E-state index in [1.165, 1.54) is 0 Å². The summed E-state index contributed by atoms with van der Waals surface area (Å²) >= 11 is -2.06. The summed E-state index contributed by atoms with van der Waals surface area (Å²) in [4.78, 5) is 30.1. The minimum absolute atomic E-state index is 0.0701. The molecule has 2 fully saturated rings. The maximum Gasteiger partial charge on any atom is 0.230 e. The van der Waals surface area contributed by atoms with E-state index in [1.54, 1.807) is 18.2 Å². The number of rotatable bonds is 4. The summed E-state index contributed by atoms with van der Waals surface area (Å²) in [5.74, 6) is 0.457. The molecule has 2 atom stereocenters. The Balaban J connectivity index is 1.60. The molecule has 3 aliphatic rings. The molecule has 0 spiro atoms. The number of nitrogens with zero attached hydrogens (tertiary/aromatic N) is 2. The van der Waals surface area contributed by atoms with Gasteiger partial charge in [-0.05, 0) is 68.0 Å². The SMILES string of the molecule is C[C@H]1CN(C(=O)C2CC2)c2cc(-c3cccc(S(=O)O)c3)ccc2N1C(=O)C1CC1. The quantitative estimate of drug-likeness (QED) is 0.757. The van der Waals surface area contributed by atoms with Gasteiger partial charge in [0, 0.05) is 18.4 Å². The van der Waals surface area contributed by atoms with Gasteiger partial charge >= 0.3 is 0 Å². The number of benzene rings is 2. The molecule has 1 N–H and O–H groups in total. The fraction of sp³-hybridized carbons (Fsp3) is 0.391. The van der Waals surface area contributed by atoms with E-state index in [0.717, 1.165) is 48.2 Å². The highest BCUT2D eigenvalue weighted by Crippen LogP contribution is 2.44. The molecule has 30 heavy (non-hydrogen) atoms. The normalized spacial score (nSPS) is 21.9. The van der Waals surface area contributed by atoms with Crippen LogP contribution >= 0.6 is 0 Å². The van der Waals surface area contributed by atoms with Crippen molar-refractivity contribution in [1.82, 2.24) is 0 Å². The van der Waals surface area contributed by atoms with Crippen LogP contribution in [0.5, 0.6) is 0 Å². The Kier molecular flexibility index (Phi) is 4.75. The van der Waals surface area contributed by atoms with Crippen LogP contribution in [0.2, 0.25) is 0 Å². The molecule has 0 bridgehead atoms. The van der Waals surface area contributed by atoms with Crippen LogP contribution in [0.3, 0.4) is 0 Å². The Hall–Kier alpha value is -2.51. The first-order valence-electron chi connectivity index (χ1n) is 10.4. The second-order valence-corrected chi connectivity index (χ2v) is 9.50. The van der Waals surface area contributed by atoms with E-state index in [2.05, 4.69) is 0 Å². The fourth-order valence-corrected chi connectivity index (χ4v) is 4.63. The molecular formula is C23H24N2O4S. The van der Waals surface area contributed by atoms with Crippen molar-refractivity contribution in [2.45, 2.75) is 43.5 Å². The standard InChI is InChI=1S/C23H24N2O4S/c1-14-13-24(22(26)15-5-6-15)21-12-18(17-3-2-4-19(11-17)30(28)29)9-10-20(21)25(14)23(27)16-7-8-16/h2-4,9-12,14-16H,5-8,13H2,1H3,(H,28,29)/t14-/m0/s1. The monoisotopic (exact) mass is 424 g/mol. The highest BCUT2D eigenvalue weighted by molar-refractivity contribution is 7.79. The van der Waals surface area contributed by atoms with E-state index >= 15 is 0 Å². The lowest BCUT2D eigenvalue weighted by molar-refractivity contribution is -0.122. The van der Waals surface area contributed by atoms with Gasteiger partial charge in [0.2, 0.25) is 11.8 Å². The van der Waals surface area contributed by atoms with Gasteiger partial charge in [-0.2, -0.15) is 0 Å². The third-order valence-corrected chi connectivity index (χ3v) is 6.80. The first-order chi connectivity index (χ1) is 14.4. The van der Waals surface area contributed by atoms with Crippen LogP contribution in [0, 0.1) is 11.8 Å². The molecule has 2 saturated carbocycles. The fourth-order valence-electron chi connectivity index (χ4n) is 4.21. The number of carbonyl (C=O) groups is 2. The van der Waals surface area contributed by atoms with Crippen LogP contribution in [0.15, 0.2) is 47.4 Å². The third-order valence-electron chi connectivity index (χ3n) is 6.14. The van der Waals surface area contributed by atoms with Gasteiger partial charge in [-0.3, -0.25) is 9.59 Å². The first kappa shape index (κ1) is 19.5. The number of carbonyl (C=O) groups excluding carboxylic acids is 2. The van der Waals surface area contributed by atoms with Gasteiger partial charge in [0.15, 0.2) is 11.1 Å². The molecule has 5 rings (SSSR count). The van der Waals surface area contributed by atoms with Crippen LogP contribution in [-0.4, -0.2) is 33.2 Å². The molecule has 2 aromatic rings. The molecule has 0 saturated heterocycles. The van der Waals surface area contributed by atoms with Crippen molar-refractivity contribution in [2.24, 2.45) is 11.8 Å². The predicted molar refractivity (Wildman–Crippen MR) is 116 cm³/mol. The molecule has 7 heteroatoms. The largest absolute Gasteiger partial charge is 0.308 e. The lowest BCUT2D eigenvalue weighted by Gasteiger charge is -2.41. The average Bonchev–Trinajstić information content (AvgIpc) is 3.64. The Morgan fingerprint density at radius 1 is 0.933 bits per heavy atom. The van der Waals surface area contributed by atoms with Crippen LogP contribution in [-0.2, 0) is 20.7 Å². The van der Waals surface area contributed by atoms with E-state index < -0.39 is 11.1 Å². The van der Waals surface area contributed by atoms with Crippen LogP contribution in [0.1, 0.15) is 32.6 Å². The zero-order chi connectivity index (χ0) is 21.0. The van der Waals surface area contributed by atoms with Crippen LogP contribution in [0.25, 0.3) is 11.1 Å². The summed E-state index contributed by atoms with van der Waals surface area (Å²) in [5.41, 5.74) is 3.19. The van der Waals surface area contributed by atoms with Crippen molar-refractivity contribution >= 4 is 34.3 Å². The van der Waals surface area contributed by atoms with Crippen molar-refractivity contribution in [1.29, 1.82) is 0 Å². The summed E-state index contributed by atoms with van der Waals surface area (Å²) in [6, 6.07) is 12.6. The van der Waals surface area contributed by atoms with Gasteiger partial charge in [-0.25, -0.2) is 4.21 Å². The van der Waals surface area contributed by atoms with Gasteiger partial charge in [0.25, 0.3) is 0 Å². The van der Waals surface area contributed by atoms with E-state index in [1.807, 2.05) is 41.0 Å². The van der Waals surface area contributed by atoms with Gasteiger partial charge < -0.3 is 14.4 Å². The number of amides is 2. The topological polar surface area (TPSA) is 77.9 Å². The molecule has 2 aromatic carbocycles. The molecule has 1 unspecified atom stereocenters. The van der Waals surface area contributed by atoms with E-state index in [-0.39, 0.29) is 29.7 Å². The highest BCUT2D eigenvalue weighted by Gasteiger charge is 2.43. The lowest BCUT2D eigenvalue weighted by Crippen LogP contribution is -2.52. The average molecular weight is 425 g/mol. The smallest absolute Gasteiger partial charge is 0.230 e. The molecule has 1 heterocycles. The predicted octanol–water partition coefficient (Wildman–Crippen LogP) is 3.82. The summed E-state index contributed by atoms with van der Waals surface area (Å²) in [7, 11) is 0. The molecule has 0 radical (unpaired) electrons. The molecule has 156 valence electrons. The second kappa shape index (κ2) is 7.32. The number of hydrogen-bond donors (Lipinski definition) is 1. The van der Waals surface area contributed by atoms with Crippen molar-refractivity contribution in [3.8, 4) is 11.1 Å². The molecule has 0 aromatic heterocycles. The van der Waals surface area contributed by atoms with Crippen molar-refractivity contribution in [3.05, 3.63) is 42.5 Å². The molecular weight excluding hydrogens is 400 g/mol. The van der Waals surface area contributed by atoms with E-state index in [9.17, 15) is 18.4 Å². The van der Waals surface area contributed by atoms with E-state index in [0.29, 0.717) is 11.4 Å². The van der Waals surface area contributed by atoms with Crippen molar-refractivity contribution in [2.75, 3.05) is 16.3 Å².